The van der Waals surface area contributed by atoms with Crippen molar-refractivity contribution in [3.05, 3.63) is 0 Å². The number of rotatable bonds is 4. The highest BCUT2D eigenvalue weighted by atomic mass is 16.4. The van der Waals surface area contributed by atoms with Crippen molar-refractivity contribution >= 4 is 5.97 Å². The summed E-state index contributed by atoms with van der Waals surface area (Å²) in [7, 11) is 0. The van der Waals surface area contributed by atoms with Gasteiger partial charge in [-0.1, -0.05) is 19.3 Å². The van der Waals surface area contributed by atoms with Crippen molar-refractivity contribution in [3.63, 3.8) is 0 Å². The molecule has 0 unspecified atom stereocenters. The predicted octanol–water partition coefficient (Wildman–Crippen LogP) is 0.622. The maximum absolute atomic E-state index is 11.1. The summed E-state index contributed by atoms with van der Waals surface area (Å²) < 4.78 is 0. The molecule has 3 N–H and O–H groups in total. The fraction of sp³-hybridized carbons (Fsp3) is 0.900. The summed E-state index contributed by atoms with van der Waals surface area (Å²) in [4.78, 5) is 11.1. The van der Waals surface area contributed by atoms with Crippen molar-refractivity contribution < 1.29 is 20.1 Å². The number of carboxylic acids is 1. The monoisotopic (exact) mass is 202 g/mol. The molecule has 0 aromatic heterocycles. The molecule has 1 fully saturated rings. The first-order valence-electron chi connectivity index (χ1n) is 5.12. The van der Waals surface area contributed by atoms with Gasteiger partial charge < -0.3 is 15.3 Å². The molecule has 82 valence electrons. The summed E-state index contributed by atoms with van der Waals surface area (Å²) >= 11 is 0. The van der Waals surface area contributed by atoms with Gasteiger partial charge in [0.25, 0.3) is 0 Å². The van der Waals surface area contributed by atoms with Crippen molar-refractivity contribution in [2.75, 3.05) is 13.2 Å². The Hall–Kier alpha value is -0.610. The molecule has 4 nitrogen and oxygen atoms in total. The van der Waals surface area contributed by atoms with Gasteiger partial charge in [-0.25, -0.2) is 0 Å². The highest BCUT2D eigenvalue weighted by Crippen LogP contribution is 2.38. The second kappa shape index (κ2) is 4.75. The van der Waals surface area contributed by atoms with Crippen molar-refractivity contribution in [1.29, 1.82) is 0 Å². The van der Waals surface area contributed by atoms with Gasteiger partial charge in [0.1, 0.15) is 5.41 Å². The van der Waals surface area contributed by atoms with E-state index in [1.165, 1.54) is 0 Å². The summed E-state index contributed by atoms with van der Waals surface area (Å²) in [5, 5.41) is 27.4. The minimum Gasteiger partial charge on any atom is -0.481 e. The Morgan fingerprint density at radius 2 is 1.64 bits per heavy atom. The lowest BCUT2D eigenvalue weighted by atomic mass is 9.69. The molecule has 0 heterocycles. The molecule has 0 spiro atoms. The SMILES string of the molecule is O=C(O)C(CO)(CO)C1CCCCC1. The van der Waals surface area contributed by atoms with E-state index >= 15 is 0 Å². The molecule has 0 saturated heterocycles. The number of carbonyl (C=O) groups is 1. The van der Waals surface area contributed by atoms with Crippen LogP contribution in [-0.2, 0) is 4.79 Å². The van der Waals surface area contributed by atoms with Crippen molar-refractivity contribution in [3.8, 4) is 0 Å². The highest BCUT2D eigenvalue weighted by molar-refractivity contribution is 5.75. The minimum atomic E-state index is -1.32. The molecule has 0 amide bonds. The number of hydrogen-bond acceptors (Lipinski definition) is 3. The fourth-order valence-electron chi connectivity index (χ4n) is 2.27. The smallest absolute Gasteiger partial charge is 0.314 e. The second-order valence-corrected chi connectivity index (χ2v) is 4.11. The Kier molecular flexibility index (Phi) is 3.89. The zero-order chi connectivity index (χ0) is 10.6. The summed E-state index contributed by atoms with van der Waals surface area (Å²) in [6.07, 6.45) is 4.73. The molecule has 1 rings (SSSR count). The fourth-order valence-corrected chi connectivity index (χ4v) is 2.27. The number of hydrogen-bond donors (Lipinski definition) is 3. The third-order valence-corrected chi connectivity index (χ3v) is 3.38. The van der Waals surface area contributed by atoms with Crippen molar-refractivity contribution in [2.24, 2.45) is 11.3 Å². The Morgan fingerprint density at radius 1 is 1.14 bits per heavy atom. The predicted molar refractivity (Wildman–Crippen MR) is 50.8 cm³/mol. The van der Waals surface area contributed by atoms with Crippen LogP contribution in [0, 0.1) is 11.3 Å². The zero-order valence-electron chi connectivity index (χ0n) is 8.28. The van der Waals surface area contributed by atoms with Gasteiger partial charge in [-0.2, -0.15) is 0 Å². The molecule has 1 aliphatic rings. The molecule has 0 bridgehead atoms. The molecular formula is C10H18O4. The molecule has 0 atom stereocenters. The third-order valence-electron chi connectivity index (χ3n) is 3.38. The average molecular weight is 202 g/mol. The Labute approximate surface area is 83.6 Å². The maximum Gasteiger partial charge on any atom is 0.314 e. The van der Waals surface area contributed by atoms with E-state index in [0.29, 0.717) is 0 Å². The Bertz CT molecular complexity index is 192. The van der Waals surface area contributed by atoms with Crippen molar-refractivity contribution in [1.82, 2.24) is 0 Å². The highest BCUT2D eigenvalue weighted by Gasteiger charge is 2.45. The minimum absolute atomic E-state index is 0.0799. The number of aliphatic hydroxyl groups excluding tert-OH is 2. The third kappa shape index (κ3) is 1.91. The Morgan fingerprint density at radius 3 is 2.00 bits per heavy atom. The van der Waals surface area contributed by atoms with Gasteiger partial charge in [0, 0.05) is 0 Å². The van der Waals surface area contributed by atoms with Gasteiger partial charge in [0.05, 0.1) is 13.2 Å². The van der Waals surface area contributed by atoms with Gasteiger partial charge in [-0.15, -0.1) is 0 Å². The summed E-state index contributed by atoms with van der Waals surface area (Å²) in [5.41, 5.74) is -1.32. The molecule has 0 aromatic rings. The van der Waals surface area contributed by atoms with Gasteiger partial charge >= 0.3 is 5.97 Å². The van der Waals surface area contributed by atoms with Crippen LogP contribution < -0.4 is 0 Å². The molecule has 4 heteroatoms. The van der Waals surface area contributed by atoms with E-state index in [2.05, 4.69) is 0 Å². The lowest BCUT2D eigenvalue weighted by Crippen LogP contribution is -2.46. The molecular weight excluding hydrogens is 184 g/mol. The molecule has 1 aliphatic carbocycles. The van der Waals surface area contributed by atoms with E-state index < -0.39 is 24.6 Å². The molecule has 1 saturated carbocycles. The zero-order valence-corrected chi connectivity index (χ0v) is 8.28. The summed E-state index contributed by atoms with van der Waals surface area (Å²) in [6.45, 7) is -0.938. The van der Waals surface area contributed by atoms with Crippen LogP contribution in [0.4, 0.5) is 0 Å². The van der Waals surface area contributed by atoms with Gasteiger partial charge in [-0.05, 0) is 18.8 Å². The van der Waals surface area contributed by atoms with E-state index in [4.69, 9.17) is 15.3 Å². The van der Waals surface area contributed by atoms with E-state index in [1.807, 2.05) is 0 Å². The second-order valence-electron chi connectivity index (χ2n) is 4.11. The van der Waals surface area contributed by atoms with Crippen LogP contribution in [0.2, 0.25) is 0 Å². The first kappa shape index (κ1) is 11.5. The molecule has 0 aromatic carbocycles. The normalized spacial score (nSPS) is 19.6. The van der Waals surface area contributed by atoms with Crippen LogP contribution in [0.1, 0.15) is 32.1 Å². The average Bonchev–Trinajstić information content (AvgIpc) is 2.22. The number of aliphatic carboxylic acids is 1. The lowest BCUT2D eigenvalue weighted by molar-refractivity contribution is -0.161. The van der Waals surface area contributed by atoms with E-state index in [9.17, 15) is 4.79 Å². The maximum atomic E-state index is 11.1. The van der Waals surface area contributed by atoms with E-state index in [0.717, 1.165) is 32.1 Å². The van der Waals surface area contributed by atoms with Gasteiger partial charge in [-0.3, -0.25) is 4.79 Å². The summed E-state index contributed by atoms with van der Waals surface area (Å²) in [6, 6.07) is 0. The first-order valence-corrected chi connectivity index (χ1v) is 5.12. The standard InChI is InChI=1S/C10H18O4/c11-6-10(7-12,9(13)14)8-4-2-1-3-5-8/h8,11-12H,1-7H2,(H,13,14). The van der Waals surface area contributed by atoms with Gasteiger partial charge in [0.15, 0.2) is 0 Å². The largest absolute Gasteiger partial charge is 0.481 e. The lowest BCUT2D eigenvalue weighted by Gasteiger charge is -2.36. The topological polar surface area (TPSA) is 77.8 Å². The van der Waals surface area contributed by atoms with E-state index in [-0.39, 0.29) is 5.92 Å². The molecule has 14 heavy (non-hydrogen) atoms. The first-order chi connectivity index (χ1) is 6.67. The number of aliphatic hydroxyl groups is 2. The quantitative estimate of drug-likeness (QED) is 0.624. The Balaban J connectivity index is 2.78. The van der Waals surface area contributed by atoms with Crippen LogP contribution in [-0.4, -0.2) is 34.5 Å². The van der Waals surface area contributed by atoms with Crippen molar-refractivity contribution in [2.45, 2.75) is 32.1 Å². The number of carboxylic acid groups (broad SMARTS) is 1. The van der Waals surface area contributed by atoms with Crippen LogP contribution in [0.25, 0.3) is 0 Å². The van der Waals surface area contributed by atoms with Crippen LogP contribution in [0.3, 0.4) is 0 Å². The molecule has 0 aliphatic heterocycles. The van der Waals surface area contributed by atoms with Crippen LogP contribution in [0.5, 0.6) is 0 Å². The van der Waals surface area contributed by atoms with Crippen LogP contribution in [0.15, 0.2) is 0 Å². The summed E-state index contributed by atoms with van der Waals surface area (Å²) in [5.74, 6) is -1.15. The van der Waals surface area contributed by atoms with Crippen LogP contribution >= 0.6 is 0 Å². The molecule has 0 radical (unpaired) electrons. The van der Waals surface area contributed by atoms with E-state index in [1.54, 1.807) is 0 Å². The van der Waals surface area contributed by atoms with Gasteiger partial charge in [0.2, 0.25) is 0 Å².